The third-order valence-electron chi connectivity index (χ3n) is 7.53. The monoisotopic (exact) mass is 397 g/mol. The molecule has 4 aliphatic rings. The van der Waals surface area contributed by atoms with Crippen molar-refractivity contribution in [3.63, 3.8) is 0 Å². The van der Waals surface area contributed by atoms with E-state index in [2.05, 4.69) is 17.6 Å². The average molecular weight is 398 g/mol. The van der Waals surface area contributed by atoms with Gasteiger partial charge in [-0.25, -0.2) is 0 Å². The average Bonchev–Trinajstić information content (AvgIpc) is 2.66. The van der Waals surface area contributed by atoms with Crippen molar-refractivity contribution in [3.8, 4) is 0 Å². The zero-order valence-electron chi connectivity index (χ0n) is 18.0. The summed E-state index contributed by atoms with van der Waals surface area (Å²) in [4.78, 5) is 27.4. The zero-order valence-corrected chi connectivity index (χ0v) is 18.0. The van der Waals surface area contributed by atoms with Crippen LogP contribution in [0.15, 0.2) is 24.3 Å². The third kappa shape index (κ3) is 4.35. The molecule has 0 heterocycles. The summed E-state index contributed by atoms with van der Waals surface area (Å²) in [6.07, 6.45) is 8.41. The third-order valence-corrected chi connectivity index (χ3v) is 7.53. The molecule has 5 nitrogen and oxygen atoms in total. The van der Waals surface area contributed by atoms with E-state index in [1.54, 1.807) is 0 Å². The van der Waals surface area contributed by atoms with Crippen LogP contribution < -0.4 is 10.6 Å². The van der Waals surface area contributed by atoms with Gasteiger partial charge in [0.15, 0.2) is 0 Å². The second kappa shape index (κ2) is 8.10. The van der Waals surface area contributed by atoms with Crippen LogP contribution in [0.1, 0.15) is 57.9 Å². The maximum absolute atomic E-state index is 13.0. The summed E-state index contributed by atoms with van der Waals surface area (Å²) in [5.74, 6) is 2.40. The first kappa shape index (κ1) is 20.4. The molecule has 1 aromatic carbocycles. The van der Waals surface area contributed by atoms with E-state index in [0.717, 1.165) is 54.7 Å². The molecular formula is C24H35N3O2. The van der Waals surface area contributed by atoms with Crippen molar-refractivity contribution < 1.29 is 9.59 Å². The number of amides is 2. The Morgan fingerprint density at radius 3 is 2.28 bits per heavy atom. The lowest BCUT2D eigenvalue weighted by Gasteiger charge is -2.57. The van der Waals surface area contributed by atoms with E-state index in [0.29, 0.717) is 0 Å². The molecule has 1 aromatic rings. The van der Waals surface area contributed by atoms with Crippen molar-refractivity contribution in [3.05, 3.63) is 29.8 Å². The molecule has 4 bridgehead atoms. The number of benzene rings is 1. The molecule has 5 heteroatoms. The Morgan fingerprint density at radius 1 is 1.10 bits per heavy atom. The molecule has 0 radical (unpaired) electrons. The number of carbonyl (C=O) groups is 2. The largest absolute Gasteiger partial charge is 0.349 e. The van der Waals surface area contributed by atoms with Crippen LogP contribution in [0.5, 0.6) is 0 Å². The molecule has 29 heavy (non-hydrogen) atoms. The molecule has 2 amide bonds. The second-order valence-corrected chi connectivity index (χ2v) is 9.84. The lowest BCUT2D eigenvalue weighted by atomic mass is 9.53. The first-order valence-electron chi connectivity index (χ1n) is 11.3. The van der Waals surface area contributed by atoms with Crippen LogP contribution in [0, 0.1) is 17.8 Å². The predicted molar refractivity (Wildman–Crippen MR) is 116 cm³/mol. The van der Waals surface area contributed by atoms with Crippen LogP contribution in [-0.2, 0) is 16.0 Å². The lowest BCUT2D eigenvalue weighted by molar-refractivity contribution is -0.131. The fourth-order valence-corrected chi connectivity index (χ4v) is 6.33. The summed E-state index contributed by atoms with van der Waals surface area (Å²) < 4.78 is 0. The molecule has 0 aliphatic heterocycles. The Morgan fingerprint density at radius 2 is 1.69 bits per heavy atom. The molecule has 4 aliphatic carbocycles. The Kier molecular flexibility index (Phi) is 5.69. The van der Waals surface area contributed by atoms with E-state index in [9.17, 15) is 9.59 Å². The number of nitrogens with zero attached hydrogens (tertiary/aromatic N) is 1. The molecular weight excluding hydrogens is 362 g/mol. The van der Waals surface area contributed by atoms with Gasteiger partial charge in [0.1, 0.15) is 0 Å². The van der Waals surface area contributed by atoms with Gasteiger partial charge in [0, 0.05) is 11.2 Å². The molecule has 4 fully saturated rings. The van der Waals surface area contributed by atoms with Crippen LogP contribution in [0.3, 0.4) is 0 Å². The highest BCUT2D eigenvalue weighted by atomic mass is 16.2. The number of likely N-dealkylation sites (N-methyl/N-ethyl adjacent to an activating group) is 1. The Bertz CT molecular complexity index is 740. The van der Waals surface area contributed by atoms with Gasteiger partial charge in [-0.3, -0.25) is 14.5 Å². The minimum absolute atomic E-state index is 0.0171. The van der Waals surface area contributed by atoms with E-state index in [1.165, 1.54) is 19.3 Å². The van der Waals surface area contributed by atoms with Gasteiger partial charge in [0.2, 0.25) is 11.8 Å². The van der Waals surface area contributed by atoms with Crippen LogP contribution in [-0.4, -0.2) is 41.9 Å². The molecule has 1 atom stereocenters. The lowest BCUT2D eigenvalue weighted by Crippen LogP contribution is -2.62. The highest BCUT2D eigenvalue weighted by molar-refractivity contribution is 5.93. The number of anilines is 1. The smallest absolute Gasteiger partial charge is 0.238 e. The van der Waals surface area contributed by atoms with Gasteiger partial charge in [0.25, 0.3) is 0 Å². The molecule has 2 N–H and O–H groups in total. The number of aryl methyl sites for hydroxylation is 1. The van der Waals surface area contributed by atoms with Crippen LogP contribution in [0.25, 0.3) is 0 Å². The van der Waals surface area contributed by atoms with Crippen molar-refractivity contribution in [1.82, 2.24) is 10.2 Å². The van der Waals surface area contributed by atoms with Crippen molar-refractivity contribution in [1.29, 1.82) is 0 Å². The van der Waals surface area contributed by atoms with Gasteiger partial charge < -0.3 is 10.6 Å². The van der Waals surface area contributed by atoms with E-state index < -0.39 is 0 Å². The van der Waals surface area contributed by atoms with Crippen LogP contribution in [0.4, 0.5) is 5.69 Å². The first-order valence-corrected chi connectivity index (χ1v) is 11.3. The molecule has 0 aromatic heterocycles. The van der Waals surface area contributed by atoms with E-state index in [1.807, 2.05) is 43.1 Å². The van der Waals surface area contributed by atoms with Gasteiger partial charge in [-0.15, -0.1) is 0 Å². The maximum atomic E-state index is 13.0. The zero-order chi connectivity index (χ0) is 20.6. The van der Waals surface area contributed by atoms with Crippen molar-refractivity contribution >= 4 is 17.5 Å². The maximum Gasteiger partial charge on any atom is 0.238 e. The highest BCUT2D eigenvalue weighted by Crippen LogP contribution is 2.55. The minimum Gasteiger partial charge on any atom is -0.349 e. The Hall–Kier alpha value is -1.88. The first-order chi connectivity index (χ1) is 13.9. The normalized spacial score (nSPS) is 31.0. The van der Waals surface area contributed by atoms with Crippen LogP contribution in [0.2, 0.25) is 0 Å². The molecule has 1 unspecified atom stereocenters. The van der Waals surface area contributed by atoms with Gasteiger partial charge in [-0.2, -0.15) is 0 Å². The molecule has 158 valence electrons. The fraction of sp³-hybridized carbons (Fsp3) is 0.667. The number of rotatable bonds is 7. The molecule has 5 rings (SSSR count). The van der Waals surface area contributed by atoms with Crippen molar-refractivity contribution in [2.45, 2.75) is 70.4 Å². The number of carbonyl (C=O) groups excluding carboxylic acids is 2. The fourth-order valence-electron chi connectivity index (χ4n) is 6.33. The Labute approximate surface area is 174 Å². The van der Waals surface area contributed by atoms with E-state index in [-0.39, 0.29) is 29.9 Å². The summed E-state index contributed by atoms with van der Waals surface area (Å²) in [6, 6.07) is 7.55. The number of nitrogens with one attached hydrogen (secondary N) is 2. The van der Waals surface area contributed by atoms with Crippen molar-refractivity contribution in [2.24, 2.45) is 17.8 Å². The number of para-hydroxylation sites is 1. The minimum atomic E-state index is -0.324. The van der Waals surface area contributed by atoms with Crippen LogP contribution >= 0.6 is 0 Å². The number of hydrogen-bond donors (Lipinski definition) is 2. The summed E-state index contributed by atoms with van der Waals surface area (Å²) in [5.41, 5.74) is 2.00. The second-order valence-electron chi connectivity index (χ2n) is 9.84. The van der Waals surface area contributed by atoms with Gasteiger partial charge in [0.05, 0.1) is 12.6 Å². The summed E-state index contributed by atoms with van der Waals surface area (Å²) in [7, 11) is 1.86. The molecule has 0 saturated heterocycles. The molecule has 0 spiro atoms. The highest BCUT2D eigenvalue weighted by Gasteiger charge is 2.51. The standard InChI is InChI=1S/C24H35N3O2/c1-4-20-7-5-6-8-21(20)25-22(28)15-27(3)16(2)23(29)26-24-12-17-9-18(13-24)11-19(10-17)14-24/h5-8,16-19H,4,9-15H2,1-3H3,(H,25,28)(H,26,29). The Balaban J connectivity index is 1.32. The van der Waals surface area contributed by atoms with Gasteiger partial charge >= 0.3 is 0 Å². The van der Waals surface area contributed by atoms with E-state index in [4.69, 9.17) is 0 Å². The van der Waals surface area contributed by atoms with Crippen molar-refractivity contribution in [2.75, 3.05) is 18.9 Å². The van der Waals surface area contributed by atoms with Gasteiger partial charge in [-0.05, 0) is 88.3 Å². The topological polar surface area (TPSA) is 61.4 Å². The SMILES string of the molecule is CCc1ccccc1NC(=O)CN(C)C(C)C(=O)NC12CC3CC(CC(C3)C1)C2. The predicted octanol–water partition coefficient (Wildman–Crippen LogP) is 3.59. The van der Waals surface area contributed by atoms with Gasteiger partial charge in [-0.1, -0.05) is 25.1 Å². The summed E-state index contributed by atoms with van der Waals surface area (Å²) in [6.45, 7) is 4.19. The summed E-state index contributed by atoms with van der Waals surface area (Å²) in [5, 5.41) is 6.43. The number of hydrogen-bond acceptors (Lipinski definition) is 3. The summed E-state index contributed by atoms with van der Waals surface area (Å²) >= 11 is 0. The van der Waals surface area contributed by atoms with E-state index >= 15 is 0 Å². The quantitative estimate of drug-likeness (QED) is 0.739. The molecule has 4 saturated carbocycles.